The number of halogens is 2. The molecule has 0 heterocycles. The van der Waals surface area contributed by atoms with Gasteiger partial charge >= 0.3 is 0 Å². The van der Waals surface area contributed by atoms with E-state index in [2.05, 4.69) is 19.2 Å². The molecule has 2 nitrogen and oxygen atoms in total. The third-order valence-electron chi connectivity index (χ3n) is 3.38. The Hall–Kier alpha value is -1.94. The van der Waals surface area contributed by atoms with Crippen LogP contribution in [0.1, 0.15) is 37.0 Å². The van der Waals surface area contributed by atoms with Gasteiger partial charge in [0.1, 0.15) is 0 Å². The highest BCUT2D eigenvalue weighted by Crippen LogP contribution is 2.20. The van der Waals surface area contributed by atoms with Gasteiger partial charge in [-0.25, -0.2) is 8.78 Å². The lowest BCUT2D eigenvalue weighted by atomic mass is 10.0. The van der Waals surface area contributed by atoms with Gasteiger partial charge in [-0.05, 0) is 41.3 Å². The highest BCUT2D eigenvalue weighted by atomic mass is 19.2. The molecule has 2 rings (SSSR count). The molecular formula is C17H19F2NO. The Balaban J connectivity index is 2.02. The molecule has 21 heavy (non-hydrogen) atoms. The first kappa shape index (κ1) is 15.4. The zero-order valence-electron chi connectivity index (χ0n) is 12.1. The molecule has 0 aliphatic heterocycles. The fourth-order valence-corrected chi connectivity index (χ4v) is 2.06. The summed E-state index contributed by atoms with van der Waals surface area (Å²) in [5.74, 6) is -1.44. The molecule has 1 unspecified atom stereocenters. The average Bonchev–Trinajstić information content (AvgIpc) is 2.48. The van der Waals surface area contributed by atoms with Crippen molar-refractivity contribution in [2.45, 2.75) is 25.9 Å². The number of aliphatic hydroxyl groups is 1. The summed E-state index contributed by atoms with van der Waals surface area (Å²) in [6.07, 6.45) is -0.900. The summed E-state index contributed by atoms with van der Waals surface area (Å²) >= 11 is 0. The number of hydrogen-bond donors (Lipinski definition) is 2. The van der Waals surface area contributed by atoms with Gasteiger partial charge in [0, 0.05) is 12.2 Å². The van der Waals surface area contributed by atoms with E-state index in [1.54, 1.807) is 0 Å². The standard InChI is InChI=1S/C17H19F2NO/c1-11(2)12-4-3-5-14(8-12)20-10-17(21)13-6-7-15(18)16(19)9-13/h3-9,11,17,20-21H,10H2,1-2H3. The summed E-state index contributed by atoms with van der Waals surface area (Å²) < 4.78 is 26.0. The molecule has 2 N–H and O–H groups in total. The van der Waals surface area contributed by atoms with Crippen LogP contribution in [0.2, 0.25) is 0 Å². The molecule has 0 aromatic heterocycles. The highest BCUT2D eigenvalue weighted by molar-refractivity contribution is 5.46. The van der Waals surface area contributed by atoms with Crippen molar-refractivity contribution < 1.29 is 13.9 Å². The van der Waals surface area contributed by atoms with Gasteiger partial charge in [0.15, 0.2) is 11.6 Å². The van der Waals surface area contributed by atoms with Gasteiger partial charge < -0.3 is 10.4 Å². The predicted molar refractivity (Wildman–Crippen MR) is 80.3 cm³/mol. The molecule has 4 heteroatoms. The molecule has 0 aliphatic rings. The normalized spacial score (nSPS) is 12.5. The Morgan fingerprint density at radius 1 is 1.00 bits per heavy atom. The molecule has 1 atom stereocenters. The summed E-state index contributed by atoms with van der Waals surface area (Å²) in [7, 11) is 0. The van der Waals surface area contributed by atoms with E-state index in [9.17, 15) is 13.9 Å². The first-order chi connectivity index (χ1) is 9.97. The highest BCUT2D eigenvalue weighted by Gasteiger charge is 2.11. The van der Waals surface area contributed by atoms with Crippen molar-refractivity contribution in [2.75, 3.05) is 11.9 Å². The van der Waals surface area contributed by atoms with E-state index in [1.165, 1.54) is 11.6 Å². The third-order valence-corrected chi connectivity index (χ3v) is 3.38. The number of hydrogen-bond acceptors (Lipinski definition) is 2. The van der Waals surface area contributed by atoms with Crippen molar-refractivity contribution in [3.63, 3.8) is 0 Å². The van der Waals surface area contributed by atoms with Gasteiger partial charge in [-0.1, -0.05) is 32.0 Å². The minimum atomic E-state index is -0.951. The van der Waals surface area contributed by atoms with Gasteiger partial charge in [-0.3, -0.25) is 0 Å². The number of anilines is 1. The van der Waals surface area contributed by atoms with Gasteiger partial charge in [0.05, 0.1) is 6.10 Å². The topological polar surface area (TPSA) is 32.3 Å². The number of aliphatic hydroxyl groups excluding tert-OH is 1. The maximum absolute atomic E-state index is 13.1. The van der Waals surface area contributed by atoms with Crippen LogP contribution in [-0.2, 0) is 0 Å². The maximum Gasteiger partial charge on any atom is 0.159 e. The molecule has 0 aliphatic carbocycles. The number of nitrogens with one attached hydrogen (secondary N) is 1. The zero-order valence-corrected chi connectivity index (χ0v) is 12.1. The lowest BCUT2D eigenvalue weighted by Crippen LogP contribution is -2.12. The smallest absolute Gasteiger partial charge is 0.159 e. The molecule has 2 aromatic carbocycles. The number of benzene rings is 2. The third kappa shape index (κ3) is 4.02. The Kier molecular flexibility index (Phi) is 4.91. The van der Waals surface area contributed by atoms with E-state index in [4.69, 9.17) is 0 Å². The first-order valence-electron chi connectivity index (χ1n) is 6.94. The molecule has 0 saturated carbocycles. The second-order valence-corrected chi connectivity index (χ2v) is 5.35. The summed E-state index contributed by atoms with van der Waals surface area (Å²) in [6, 6.07) is 11.3. The van der Waals surface area contributed by atoms with Crippen LogP contribution < -0.4 is 5.32 Å². The fraction of sp³-hybridized carbons (Fsp3) is 0.294. The SMILES string of the molecule is CC(C)c1cccc(NCC(O)c2ccc(F)c(F)c2)c1. The Morgan fingerprint density at radius 2 is 1.76 bits per heavy atom. The van der Waals surface area contributed by atoms with Crippen LogP contribution in [0.5, 0.6) is 0 Å². The summed E-state index contributed by atoms with van der Waals surface area (Å²) in [5, 5.41) is 13.1. The van der Waals surface area contributed by atoms with Crippen LogP contribution in [0, 0.1) is 11.6 Å². The van der Waals surface area contributed by atoms with Crippen LogP contribution in [-0.4, -0.2) is 11.7 Å². The molecule has 0 spiro atoms. The van der Waals surface area contributed by atoms with Crippen LogP contribution in [0.25, 0.3) is 0 Å². The van der Waals surface area contributed by atoms with Crippen molar-refractivity contribution in [2.24, 2.45) is 0 Å². The second kappa shape index (κ2) is 6.68. The van der Waals surface area contributed by atoms with Crippen molar-refractivity contribution in [1.29, 1.82) is 0 Å². The van der Waals surface area contributed by atoms with E-state index >= 15 is 0 Å². The minimum absolute atomic E-state index is 0.229. The van der Waals surface area contributed by atoms with Gasteiger partial charge in [0.25, 0.3) is 0 Å². The molecule has 0 fully saturated rings. The molecule has 0 saturated heterocycles. The van der Waals surface area contributed by atoms with Crippen LogP contribution >= 0.6 is 0 Å². The van der Waals surface area contributed by atoms with Crippen LogP contribution in [0.4, 0.5) is 14.5 Å². The molecule has 0 radical (unpaired) electrons. The number of rotatable bonds is 5. The van der Waals surface area contributed by atoms with E-state index in [1.807, 2.05) is 24.3 Å². The van der Waals surface area contributed by atoms with E-state index in [-0.39, 0.29) is 6.54 Å². The quantitative estimate of drug-likeness (QED) is 0.864. The molecule has 0 amide bonds. The Bertz CT molecular complexity index is 613. The van der Waals surface area contributed by atoms with Gasteiger partial charge in [-0.2, -0.15) is 0 Å². The molecule has 112 valence electrons. The predicted octanol–water partition coefficient (Wildman–Crippen LogP) is 4.23. The Labute approximate surface area is 123 Å². The average molecular weight is 291 g/mol. The van der Waals surface area contributed by atoms with Crippen molar-refractivity contribution >= 4 is 5.69 Å². The second-order valence-electron chi connectivity index (χ2n) is 5.35. The molecule has 0 bridgehead atoms. The van der Waals surface area contributed by atoms with E-state index in [0.29, 0.717) is 11.5 Å². The van der Waals surface area contributed by atoms with Crippen LogP contribution in [0.3, 0.4) is 0 Å². The maximum atomic E-state index is 13.1. The lowest BCUT2D eigenvalue weighted by Gasteiger charge is -2.15. The Morgan fingerprint density at radius 3 is 2.43 bits per heavy atom. The van der Waals surface area contributed by atoms with Gasteiger partial charge in [-0.15, -0.1) is 0 Å². The summed E-state index contributed by atoms with van der Waals surface area (Å²) in [5.41, 5.74) is 2.44. The largest absolute Gasteiger partial charge is 0.387 e. The summed E-state index contributed by atoms with van der Waals surface area (Å²) in [6.45, 7) is 4.44. The van der Waals surface area contributed by atoms with Crippen LogP contribution in [0.15, 0.2) is 42.5 Å². The minimum Gasteiger partial charge on any atom is -0.387 e. The molecular weight excluding hydrogens is 272 g/mol. The lowest BCUT2D eigenvalue weighted by molar-refractivity contribution is 0.191. The van der Waals surface area contributed by atoms with E-state index < -0.39 is 17.7 Å². The van der Waals surface area contributed by atoms with Crippen molar-refractivity contribution in [3.8, 4) is 0 Å². The van der Waals surface area contributed by atoms with E-state index in [0.717, 1.165) is 17.8 Å². The van der Waals surface area contributed by atoms with Gasteiger partial charge in [0.2, 0.25) is 0 Å². The summed E-state index contributed by atoms with van der Waals surface area (Å²) in [4.78, 5) is 0. The molecule has 2 aromatic rings. The first-order valence-corrected chi connectivity index (χ1v) is 6.94. The van der Waals surface area contributed by atoms with Crippen molar-refractivity contribution in [3.05, 3.63) is 65.2 Å². The van der Waals surface area contributed by atoms with Crippen molar-refractivity contribution in [1.82, 2.24) is 0 Å². The zero-order chi connectivity index (χ0) is 15.4. The monoisotopic (exact) mass is 291 g/mol. The fourth-order valence-electron chi connectivity index (χ4n) is 2.06.